The molecule has 0 radical (unpaired) electrons. The number of pyridine rings is 1. The second kappa shape index (κ2) is 6.93. The zero-order valence-corrected chi connectivity index (χ0v) is 15.5. The first-order chi connectivity index (χ1) is 12.7. The standard InChI is InChI=1S/C17H15N5O2S2/c1-24-13-7-3-2-6-12(13)16-21(14(23)10-26-16)22-15(19-20-17(22)25)11-5-4-8-18-9-11/h2-9,16H,10H2,1H3,(H,20,25). The van der Waals surface area contributed by atoms with E-state index in [0.717, 1.165) is 16.9 Å². The topological polar surface area (TPSA) is 76.0 Å². The van der Waals surface area contributed by atoms with Gasteiger partial charge in [0.05, 0.1) is 12.9 Å². The summed E-state index contributed by atoms with van der Waals surface area (Å²) in [6, 6.07) is 11.4. The fraction of sp³-hybridized carbons (Fsp3) is 0.176. The number of hydrogen-bond acceptors (Lipinski definition) is 6. The van der Waals surface area contributed by atoms with Crippen LogP contribution >= 0.6 is 24.0 Å². The molecule has 3 aromatic rings. The minimum atomic E-state index is -0.265. The molecule has 1 atom stereocenters. The van der Waals surface area contributed by atoms with Gasteiger partial charge in [-0.15, -0.1) is 11.8 Å². The molecule has 2 aromatic heterocycles. The van der Waals surface area contributed by atoms with Crippen molar-refractivity contribution in [2.45, 2.75) is 5.37 Å². The van der Waals surface area contributed by atoms with Crippen LogP contribution in [0, 0.1) is 4.77 Å². The van der Waals surface area contributed by atoms with Gasteiger partial charge >= 0.3 is 0 Å². The van der Waals surface area contributed by atoms with Gasteiger partial charge in [0.2, 0.25) is 4.77 Å². The lowest BCUT2D eigenvalue weighted by atomic mass is 10.2. The number of aromatic nitrogens is 4. The van der Waals surface area contributed by atoms with E-state index < -0.39 is 0 Å². The van der Waals surface area contributed by atoms with Crippen molar-refractivity contribution >= 4 is 29.9 Å². The first kappa shape index (κ1) is 16.8. The molecule has 132 valence electrons. The number of nitrogens with one attached hydrogen (secondary N) is 1. The molecule has 3 heterocycles. The van der Waals surface area contributed by atoms with E-state index in [4.69, 9.17) is 17.0 Å². The van der Waals surface area contributed by atoms with E-state index in [-0.39, 0.29) is 11.3 Å². The molecule has 1 aromatic carbocycles. The van der Waals surface area contributed by atoms with Crippen molar-refractivity contribution in [3.63, 3.8) is 0 Å². The maximum atomic E-state index is 12.7. The molecular formula is C17H15N5O2S2. The third kappa shape index (κ3) is 2.78. The lowest BCUT2D eigenvalue weighted by Gasteiger charge is -2.26. The molecule has 1 unspecified atom stereocenters. The number of amides is 1. The molecule has 1 aliphatic rings. The first-order valence-electron chi connectivity index (χ1n) is 7.85. The highest BCUT2D eigenvalue weighted by molar-refractivity contribution is 8.00. The van der Waals surface area contributed by atoms with Crippen LogP contribution in [0.1, 0.15) is 10.9 Å². The Bertz CT molecular complexity index is 1000. The molecule has 9 heteroatoms. The van der Waals surface area contributed by atoms with Crippen LogP contribution in [0.25, 0.3) is 11.4 Å². The van der Waals surface area contributed by atoms with Gasteiger partial charge in [-0.25, -0.2) is 14.8 Å². The van der Waals surface area contributed by atoms with Crippen molar-refractivity contribution in [2.75, 3.05) is 17.9 Å². The van der Waals surface area contributed by atoms with E-state index in [1.165, 1.54) is 11.8 Å². The molecular weight excluding hydrogens is 370 g/mol. The van der Waals surface area contributed by atoms with E-state index in [1.54, 1.807) is 29.2 Å². The largest absolute Gasteiger partial charge is 0.496 e. The van der Waals surface area contributed by atoms with Gasteiger partial charge in [0.15, 0.2) is 5.82 Å². The second-order valence-corrected chi connectivity index (χ2v) is 7.00. The van der Waals surface area contributed by atoms with E-state index in [2.05, 4.69) is 15.2 Å². The van der Waals surface area contributed by atoms with Gasteiger partial charge < -0.3 is 4.74 Å². The zero-order valence-electron chi connectivity index (χ0n) is 13.8. The van der Waals surface area contributed by atoms with Crippen molar-refractivity contribution in [3.05, 3.63) is 59.1 Å². The van der Waals surface area contributed by atoms with Crippen molar-refractivity contribution in [1.29, 1.82) is 0 Å². The number of thioether (sulfide) groups is 1. The fourth-order valence-electron chi connectivity index (χ4n) is 2.90. The number of para-hydroxylation sites is 1. The Labute approximate surface area is 159 Å². The third-order valence-electron chi connectivity index (χ3n) is 4.03. The molecule has 4 rings (SSSR count). The minimum Gasteiger partial charge on any atom is -0.496 e. The Balaban J connectivity index is 1.85. The highest BCUT2D eigenvalue weighted by Gasteiger charge is 2.38. The molecule has 1 N–H and O–H groups in total. The first-order valence-corrected chi connectivity index (χ1v) is 9.31. The third-order valence-corrected chi connectivity index (χ3v) is 5.48. The monoisotopic (exact) mass is 385 g/mol. The van der Waals surface area contributed by atoms with Gasteiger partial charge in [0.25, 0.3) is 5.91 Å². The predicted octanol–water partition coefficient (Wildman–Crippen LogP) is 2.92. The number of rotatable bonds is 4. The summed E-state index contributed by atoms with van der Waals surface area (Å²) in [5, 5.41) is 8.46. The smallest absolute Gasteiger partial charge is 0.252 e. The molecule has 26 heavy (non-hydrogen) atoms. The van der Waals surface area contributed by atoms with Crippen LogP contribution in [0.15, 0.2) is 48.8 Å². The fourth-order valence-corrected chi connectivity index (χ4v) is 4.28. The van der Waals surface area contributed by atoms with E-state index in [0.29, 0.717) is 16.3 Å². The Morgan fingerprint density at radius 1 is 1.31 bits per heavy atom. The maximum absolute atomic E-state index is 12.7. The summed E-state index contributed by atoms with van der Waals surface area (Å²) in [4.78, 5) is 16.9. The van der Waals surface area contributed by atoms with Crippen LogP contribution < -0.4 is 9.75 Å². The lowest BCUT2D eigenvalue weighted by molar-refractivity contribution is -0.117. The van der Waals surface area contributed by atoms with Gasteiger partial charge in [0.1, 0.15) is 11.1 Å². The summed E-state index contributed by atoms with van der Waals surface area (Å²) in [6.45, 7) is 0. The highest BCUT2D eigenvalue weighted by Crippen LogP contribution is 2.42. The molecule has 1 aliphatic heterocycles. The number of hydrogen-bond donors (Lipinski definition) is 1. The molecule has 1 amide bonds. The van der Waals surface area contributed by atoms with Crippen LogP contribution in [0.4, 0.5) is 0 Å². The molecule has 0 saturated carbocycles. The normalized spacial score (nSPS) is 16.9. The van der Waals surface area contributed by atoms with Crippen LogP contribution in [0.3, 0.4) is 0 Å². The summed E-state index contributed by atoms with van der Waals surface area (Å²) in [7, 11) is 1.62. The number of aromatic amines is 1. The zero-order chi connectivity index (χ0) is 18.1. The number of H-pyrrole nitrogens is 1. The van der Waals surface area contributed by atoms with Crippen LogP contribution in [-0.2, 0) is 4.79 Å². The predicted molar refractivity (Wildman–Crippen MR) is 102 cm³/mol. The lowest BCUT2D eigenvalue weighted by Crippen LogP contribution is -2.39. The molecule has 7 nitrogen and oxygen atoms in total. The van der Waals surface area contributed by atoms with Gasteiger partial charge in [-0.2, -0.15) is 5.10 Å². The van der Waals surface area contributed by atoms with Crippen LogP contribution in [-0.4, -0.2) is 38.6 Å². The van der Waals surface area contributed by atoms with E-state index in [9.17, 15) is 4.79 Å². The van der Waals surface area contributed by atoms with Crippen molar-refractivity contribution in [3.8, 4) is 17.1 Å². The minimum absolute atomic E-state index is 0.0476. The number of nitrogens with zero attached hydrogens (tertiary/aromatic N) is 4. The number of methoxy groups -OCH3 is 1. The quantitative estimate of drug-likeness (QED) is 0.696. The highest BCUT2D eigenvalue weighted by atomic mass is 32.2. The van der Waals surface area contributed by atoms with Crippen LogP contribution in [0.5, 0.6) is 5.75 Å². The summed E-state index contributed by atoms with van der Waals surface area (Å²) in [5.41, 5.74) is 1.68. The van der Waals surface area contributed by atoms with Gasteiger partial charge in [0, 0.05) is 23.5 Å². The van der Waals surface area contributed by atoms with E-state index in [1.807, 2.05) is 36.4 Å². The average molecular weight is 385 g/mol. The van der Waals surface area contributed by atoms with Crippen molar-refractivity contribution < 1.29 is 9.53 Å². The summed E-state index contributed by atoms with van der Waals surface area (Å²) >= 11 is 6.94. The maximum Gasteiger partial charge on any atom is 0.252 e. The Morgan fingerprint density at radius 2 is 2.15 bits per heavy atom. The molecule has 1 saturated heterocycles. The molecule has 0 bridgehead atoms. The number of carbonyl (C=O) groups is 1. The summed E-state index contributed by atoms with van der Waals surface area (Å²) in [6.07, 6.45) is 3.37. The van der Waals surface area contributed by atoms with Gasteiger partial charge in [-0.3, -0.25) is 9.78 Å². The second-order valence-electron chi connectivity index (χ2n) is 5.55. The molecule has 0 spiro atoms. The molecule has 1 fully saturated rings. The summed E-state index contributed by atoms with van der Waals surface area (Å²) in [5.74, 6) is 1.57. The average Bonchev–Trinajstić information content (AvgIpc) is 3.24. The SMILES string of the molecule is COc1ccccc1C1SCC(=O)N1n1c(-c2cccnc2)n[nH]c1=S. The Morgan fingerprint density at radius 3 is 2.92 bits per heavy atom. The number of benzene rings is 1. The molecule has 0 aliphatic carbocycles. The Hall–Kier alpha value is -2.65. The van der Waals surface area contributed by atoms with Gasteiger partial charge in [-0.05, 0) is 30.4 Å². The summed E-state index contributed by atoms with van der Waals surface area (Å²) < 4.78 is 7.48. The van der Waals surface area contributed by atoms with E-state index >= 15 is 0 Å². The number of ether oxygens (including phenoxy) is 1. The number of carbonyl (C=O) groups excluding carboxylic acids is 1. The Kier molecular flexibility index (Phi) is 4.48. The van der Waals surface area contributed by atoms with Crippen molar-refractivity contribution in [2.24, 2.45) is 0 Å². The van der Waals surface area contributed by atoms with Gasteiger partial charge in [-0.1, -0.05) is 18.2 Å². The van der Waals surface area contributed by atoms with Crippen LogP contribution in [0.2, 0.25) is 0 Å². The van der Waals surface area contributed by atoms with Crippen molar-refractivity contribution in [1.82, 2.24) is 19.9 Å².